The second-order valence-electron chi connectivity index (χ2n) is 6.09. The van der Waals surface area contributed by atoms with E-state index in [-0.39, 0.29) is 6.42 Å². The Morgan fingerprint density at radius 2 is 1.72 bits per heavy atom. The van der Waals surface area contributed by atoms with Crippen LogP contribution >= 0.6 is 11.3 Å². The lowest BCUT2D eigenvalue weighted by atomic mass is 9.85. The molecule has 0 bridgehead atoms. The van der Waals surface area contributed by atoms with E-state index < -0.39 is 17.4 Å². The van der Waals surface area contributed by atoms with Crippen LogP contribution in [-0.4, -0.2) is 26.2 Å². The van der Waals surface area contributed by atoms with Gasteiger partial charge in [-0.05, 0) is 47.5 Å². The normalized spacial score (nSPS) is 15.6. The predicted molar refractivity (Wildman–Crippen MR) is 94.6 cm³/mol. The first-order chi connectivity index (χ1) is 12.0. The van der Waals surface area contributed by atoms with E-state index in [1.807, 2.05) is 42.6 Å². The fourth-order valence-electron chi connectivity index (χ4n) is 3.14. The molecule has 0 radical (unpaired) electrons. The summed E-state index contributed by atoms with van der Waals surface area (Å²) in [5, 5.41) is 1.96. The van der Waals surface area contributed by atoms with E-state index in [0.29, 0.717) is 6.42 Å². The summed E-state index contributed by atoms with van der Waals surface area (Å²) >= 11 is 1.49. The maximum absolute atomic E-state index is 12.3. The molecule has 1 aromatic carbocycles. The predicted octanol–water partition coefficient (Wildman–Crippen LogP) is 2.72. The third-order valence-corrected chi connectivity index (χ3v) is 5.37. The molecule has 2 aromatic rings. The van der Waals surface area contributed by atoms with Crippen LogP contribution in [0.3, 0.4) is 0 Å². The van der Waals surface area contributed by atoms with Crippen LogP contribution in [0.4, 0.5) is 5.69 Å². The number of nitrogens with zero attached hydrogens (tertiary/aromatic N) is 1. The molecule has 0 unspecified atom stereocenters. The van der Waals surface area contributed by atoms with Crippen LogP contribution < -0.4 is 4.67 Å². The summed E-state index contributed by atoms with van der Waals surface area (Å²) in [6.07, 6.45) is 0.564. The summed E-state index contributed by atoms with van der Waals surface area (Å²) in [5.74, 6) is -1.11. The van der Waals surface area contributed by atoms with Gasteiger partial charge >= 0.3 is 11.9 Å². The SMILES string of the molecule is COC(=O)C1(C(=O)OC)Cc2csc(=Nc3ccccc3C)cc2C1. The average Bonchev–Trinajstić information content (AvgIpc) is 3.02. The summed E-state index contributed by atoms with van der Waals surface area (Å²) in [5.41, 5.74) is 2.60. The molecule has 1 aliphatic carbocycles. The highest BCUT2D eigenvalue weighted by Crippen LogP contribution is 2.39. The van der Waals surface area contributed by atoms with Crippen LogP contribution in [0.1, 0.15) is 16.7 Å². The molecule has 0 atom stereocenters. The molecule has 1 aromatic heterocycles. The molecule has 5 nitrogen and oxygen atoms in total. The molecule has 25 heavy (non-hydrogen) atoms. The Balaban J connectivity index is 2.01. The number of hydrogen-bond donors (Lipinski definition) is 0. The summed E-state index contributed by atoms with van der Waals surface area (Å²) in [4.78, 5) is 29.2. The van der Waals surface area contributed by atoms with Gasteiger partial charge in [-0.1, -0.05) is 18.2 Å². The number of aryl methyl sites for hydroxylation is 1. The molecule has 0 saturated heterocycles. The number of para-hydroxylation sites is 1. The number of esters is 2. The standard InChI is InChI=1S/C19H19NO4S/c1-12-6-4-5-7-15(12)20-16-8-13-9-19(17(21)23-2,18(22)24-3)10-14(13)11-25-16/h4-8,11H,9-10H2,1-3H3. The van der Waals surface area contributed by atoms with Gasteiger partial charge in [-0.2, -0.15) is 0 Å². The highest BCUT2D eigenvalue weighted by Gasteiger charge is 2.52. The molecular weight excluding hydrogens is 338 g/mol. The van der Waals surface area contributed by atoms with Crippen molar-refractivity contribution in [3.63, 3.8) is 0 Å². The molecule has 1 aliphatic rings. The van der Waals surface area contributed by atoms with Crippen molar-refractivity contribution in [2.75, 3.05) is 14.2 Å². The lowest BCUT2D eigenvalue weighted by Gasteiger charge is -2.22. The van der Waals surface area contributed by atoms with E-state index in [1.54, 1.807) is 0 Å². The van der Waals surface area contributed by atoms with Crippen LogP contribution in [0, 0.1) is 12.3 Å². The highest BCUT2D eigenvalue weighted by atomic mass is 32.1. The molecule has 0 spiro atoms. The van der Waals surface area contributed by atoms with Crippen molar-refractivity contribution in [1.29, 1.82) is 0 Å². The number of rotatable bonds is 3. The first-order valence-corrected chi connectivity index (χ1v) is 8.76. The fraction of sp³-hybridized carbons (Fsp3) is 0.316. The van der Waals surface area contributed by atoms with E-state index in [4.69, 9.17) is 9.47 Å². The number of carbonyl (C=O) groups excluding carboxylic acids is 2. The third-order valence-electron chi connectivity index (χ3n) is 4.51. The Bertz CT molecular complexity index is 884. The van der Waals surface area contributed by atoms with Crippen LogP contribution in [0.15, 0.2) is 40.7 Å². The molecule has 130 valence electrons. The van der Waals surface area contributed by atoms with E-state index in [1.165, 1.54) is 25.6 Å². The van der Waals surface area contributed by atoms with Crippen LogP contribution in [0.25, 0.3) is 0 Å². The number of hydrogen-bond acceptors (Lipinski definition) is 6. The average molecular weight is 357 g/mol. The van der Waals surface area contributed by atoms with Crippen molar-refractivity contribution in [2.24, 2.45) is 10.4 Å². The Kier molecular flexibility index (Phi) is 4.72. The van der Waals surface area contributed by atoms with Gasteiger partial charge in [0.15, 0.2) is 5.41 Å². The maximum Gasteiger partial charge on any atom is 0.323 e. The molecule has 0 N–H and O–H groups in total. The quantitative estimate of drug-likeness (QED) is 0.626. The van der Waals surface area contributed by atoms with Crippen molar-refractivity contribution in [3.8, 4) is 0 Å². The van der Waals surface area contributed by atoms with Gasteiger partial charge in [0.05, 0.1) is 19.9 Å². The molecule has 1 heterocycles. The Morgan fingerprint density at radius 3 is 2.36 bits per heavy atom. The third kappa shape index (κ3) is 3.09. The summed E-state index contributed by atoms with van der Waals surface area (Å²) in [6, 6.07) is 9.84. The van der Waals surface area contributed by atoms with Crippen molar-refractivity contribution >= 4 is 29.0 Å². The number of ether oxygens (including phenoxy) is 2. The molecular formula is C19H19NO4S. The molecule has 0 aliphatic heterocycles. The molecule has 6 heteroatoms. The van der Waals surface area contributed by atoms with E-state index in [0.717, 1.165) is 27.0 Å². The molecule has 0 fully saturated rings. The highest BCUT2D eigenvalue weighted by molar-refractivity contribution is 7.07. The van der Waals surface area contributed by atoms with Gasteiger partial charge in [-0.3, -0.25) is 9.59 Å². The lowest BCUT2D eigenvalue weighted by molar-refractivity contribution is -0.168. The van der Waals surface area contributed by atoms with Crippen LogP contribution in [0.5, 0.6) is 0 Å². The van der Waals surface area contributed by atoms with Gasteiger partial charge in [0, 0.05) is 6.42 Å². The van der Waals surface area contributed by atoms with Gasteiger partial charge in [0.25, 0.3) is 0 Å². The van der Waals surface area contributed by atoms with Crippen LogP contribution in [-0.2, 0) is 31.9 Å². The summed E-state index contributed by atoms with van der Waals surface area (Å²) in [6.45, 7) is 2.01. The maximum atomic E-state index is 12.3. The largest absolute Gasteiger partial charge is 0.468 e. The Hall–Kier alpha value is -2.47. The zero-order chi connectivity index (χ0) is 18.0. The zero-order valence-corrected chi connectivity index (χ0v) is 15.2. The Labute approximate surface area is 149 Å². The minimum atomic E-state index is -1.29. The first kappa shape index (κ1) is 17.4. The van der Waals surface area contributed by atoms with Crippen molar-refractivity contribution < 1.29 is 19.1 Å². The summed E-state index contributed by atoms with van der Waals surface area (Å²) < 4.78 is 10.6. The van der Waals surface area contributed by atoms with Gasteiger partial charge in [0.1, 0.15) is 4.67 Å². The topological polar surface area (TPSA) is 65.0 Å². The second-order valence-corrected chi connectivity index (χ2v) is 6.98. The number of fused-ring (bicyclic) bond motifs is 1. The zero-order valence-electron chi connectivity index (χ0n) is 14.4. The van der Waals surface area contributed by atoms with Gasteiger partial charge in [-0.15, -0.1) is 11.3 Å². The van der Waals surface area contributed by atoms with E-state index in [2.05, 4.69) is 4.99 Å². The van der Waals surface area contributed by atoms with Gasteiger partial charge in [-0.25, -0.2) is 4.99 Å². The second kappa shape index (κ2) is 6.80. The number of methoxy groups -OCH3 is 2. The van der Waals surface area contributed by atoms with E-state index >= 15 is 0 Å². The van der Waals surface area contributed by atoms with Crippen molar-refractivity contribution in [1.82, 2.24) is 0 Å². The smallest absolute Gasteiger partial charge is 0.323 e. The van der Waals surface area contributed by atoms with E-state index in [9.17, 15) is 9.59 Å². The number of benzene rings is 1. The van der Waals surface area contributed by atoms with Crippen molar-refractivity contribution in [2.45, 2.75) is 19.8 Å². The first-order valence-electron chi connectivity index (χ1n) is 7.88. The summed E-state index contributed by atoms with van der Waals surface area (Å²) in [7, 11) is 2.58. The molecule has 0 saturated carbocycles. The van der Waals surface area contributed by atoms with Gasteiger partial charge < -0.3 is 9.47 Å². The number of carbonyl (C=O) groups is 2. The minimum Gasteiger partial charge on any atom is -0.468 e. The molecule has 3 rings (SSSR count). The minimum absolute atomic E-state index is 0.269. The Morgan fingerprint density at radius 1 is 1.08 bits per heavy atom. The monoisotopic (exact) mass is 357 g/mol. The van der Waals surface area contributed by atoms with Crippen molar-refractivity contribution in [3.05, 3.63) is 57.1 Å². The van der Waals surface area contributed by atoms with Gasteiger partial charge in [0.2, 0.25) is 0 Å². The van der Waals surface area contributed by atoms with Crippen LogP contribution in [0.2, 0.25) is 0 Å². The molecule has 0 amide bonds. The lowest BCUT2D eigenvalue weighted by Crippen LogP contribution is -2.42. The fourth-order valence-corrected chi connectivity index (χ4v) is 4.00.